The molecule has 0 aliphatic rings. The lowest BCUT2D eigenvalue weighted by molar-refractivity contribution is -0.388. The quantitative estimate of drug-likeness (QED) is 0.573. The van der Waals surface area contributed by atoms with Gasteiger partial charge in [0.05, 0.1) is 22.0 Å². The highest BCUT2D eigenvalue weighted by Crippen LogP contribution is 2.39. The molecule has 6 nitrogen and oxygen atoms in total. The largest absolute Gasteiger partial charge is 0.502 e. The van der Waals surface area contributed by atoms with Crippen molar-refractivity contribution in [2.45, 2.75) is 6.04 Å². The number of nitrogens with zero attached hydrogens (tertiary/aromatic N) is 1. The first-order valence-electron chi connectivity index (χ1n) is 4.11. The molecule has 0 aliphatic heterocycles. The number of hydrogen-bond acceptors (Lipinski definition) is 5. The third kappa shape index (κ3) is 2.13. The van der Waals surface area contributed by atoms with Gasteiger partial charge in [0.2, 0.25) is 11.6 Å². The minimum absolute atomic E-state index is 0.0949. The number of aliphatic hydroxyl groups excluding tert-OH is 1. The molecule has 88 valence electrons. The lowest BCUT2D eigenvalue weighted by Gasteiger charge is -2.11. The molecule has 0 amide bonds. The maximum atomic E-state index is 13.3. The maximum absolute atomic E-state index is 13.3. The summed E-state index contributed by atoms with van der Waals surface area (Å²) in [6, 6.07) is 0.0778. The van der Waals surface area contributed by atoms with Crippen LogP contribution in [-0.4, -0.2) is 21.7 Å². The van der Waals surface area contributed by atoms with Crippen molar-refractivity contribution in [1.29, 1.82) is 0 Å². The van der Waals surface area contributed by atoms with Crippen LogP contribution in [0.2, 0.25) is 0 Å². The van der Waals surface area contributed by atoms with Gasteiger partial charge in [0.1, 0.15) is 0 Å². The fraction of sp³-hybridized carbons (Fsp3) is 0.250. The zero-order valence-corrected chi connectivity index (χ0v) is 9.44. The van der Waals surface area contributed by atoms with Gasteiger partial charge in [-0.25, -0.2) is 0 Å². The van der Waals surface area contributed by atoms with Crippen molar-refractivity contribution in [2.24, 2.45) is 5.73 Å². The van der Waals surface area contributed by atoms with Crippen LogP contribution in [0.4, 0.5) is 10.1 Å². The zero-order chi connectivity index (χ0) is 12.5. The summed E-state index contributed by atoms with van der Waals surface area (Å²) in [4.78, 5) is 9.49. The van der Waals surface area contributed by atoms with Crippen molar-refractivity contribution in [1.82, 2.24) is 0 Å². The van der Waals surface area contributed by atoms with Crippen LogP contribution in [0.3, 0.4) is 0 Å². The van der Waals surface area contributed by atoms with Gasteiger partial charge in [-0.3, -0.25) is 10.1 Å². The molecule has 1 rings (SSSR count). The molecule has 0 heterocycles. The van der Waals surface area contributed by atoms with Crippen molar-refractivity contribution in [2.75, 3.05) is 6.61 Å². The van der Waals surface area contributed by atoms with E-state index in [1.54, 1.807) is 0 Å². The third-order valence-electron chi connectivity index (χ3n) is 1.98. The van der Waals surface area contributed by atoms with E-state index in [-0.39, 0.29) is 10.0 Å². The Balaban J connectivity index is 3.50. The molecule has 0 aliphatic carbocycles. The Labute approximate surface area is 97.8 Å². The van der Waals surface area contributed by atoms with Crippen LogP contribution in [0, 0.1) is 15.9 Å². The number of phenolic OH excluding ortho intramolecular Hbond substituents is 1. The molecule has 0 unspecified atom stereocenters. The Morgan fingerprint density at radius 1 is 1.69 bits per heavy atom. The van der Waals surface area contributed by atoms with E-state index in [4.69, 9.17) is 10.8 Å². The average molecular weight is 295 g/mol. The Morgan fingerprint density at radius 3 is 2.69 bits per heavy atom. The number of halogens is 2. The summed E-state index contributed by atoms with van der Waals surface area (Å²) in [7, 11) is 0. The molecule has 4 N–H and O–H groups in total. The Morgan fingerprint density at radius 2 is 2.25 bits per heavy atom. The molecule has 1 atom stereocenters. The molecular formula is C8H8BrFN2O4. The van der Waals surface area contributed by atoms with E-state index in [1.807, 2.05) is 0 Å². The molecule has 0 saturated heterocycles. The summed E-state index contributed by atoms with van der Waals surface area (Å²) in [5, 5.41) is 28.8. The Bertz CT molecular complexity index is 441. The Hall–Kier alpha value is -1.25. The van der Waals surface area contributed by atoms with Gasteiger partial charge in [-0.1, -0.05) is 0 Å². The fourth-order valence-electron chi connectivity index (χ4n) is 1.17. The van der Waals surface area contributed by atoms with Gasteiger partial charge in [0.25, 0.3) is 0 Å². The maximum Gasteiger partial charge on any atom is 0.347 e. The molecular weight excluding hydrogens is 287 g/mol. The van der Waals surface area contributed by atoms with Crippen molar-refractivity contribution in [3.8, 4) is 5.75 Å². The summed E-state index contributed by atoms with van der Waals surface area (Å²) < 4.78 is 13.1. The Kier molecular flexibility index (Phi) is 3.79. The monoisotopic (exact) mass is 294 g/mol. The van der Waals surface area contributed by atoms with Crippen LogP contribution >= 0.6 is 15.9 Å². The summed E-state index contributed by atoms with van der Waals surface area (Å²) in [6.07, 6.45) is 0. The van der Waals surface area contributed by atoms with E-state index < -0.39 is 34.8 Å². The molecule has 1 aromatic rings. The average Bonchev–Trinajstić information content (AvgIpc) is 2.22. The second kappa shape index (κ2) is 4.73. The first-order chi connectivity index (χ1) is 7.40. The zero-order valence-electron chi connectivity index (χ0n) is 7.85. The number of hydrogen-bond donors (Lipinski definition) is 3. The molecule has 0 bridgehead atoms. The molecule has 0 aromatic heterocycles. The number of phenols is 1. The van der Waals surface area contributed by atoms with Gasteiger partial charge in [0, 0.05) is 5.56 Å². The van der Waals surface area contributed by atoms with Crippen LogP contribution < -0.4 is 5.73 Å². The molecule has 8 heteroatoms. The number of nitrogens with two attached hydrogens (primary N) is 1. The molecule has 0 spiro atoms. The SMILES string of the molecule is N[C@H](CO)c1cc(Br)c(F)c([N+](=O)[O-])c1O. The highest BCUT2D eigenvalue weighted by atomic mass is 79.9. The van der Waals surface area contributed by atoms with E-state index in [0.717, 1.165) is 6.07 Å². The van der Waals surface area contributed by atoms with Crippen molar-refractivity contribution in [3.05, 3.63) is 32.0 Å². The predicted molar refractivity (Wildman–Crippen MR) is 56.4 cm³/mol. The van der Waals surface area contributed by atoms with Crippen molar-refractivity contribution < 1.29 is 19.5 Å². The number of rotatable bonds is 3. The third-order valence-corrected chi connectivity index (χ3v) is 2.55. The smallest absolute Gasteiger partial charge is 0.347 e. The van der Waals surface area contributed by atoms with Crippen LogP contribution in [0.1, 0.15) is 11.6 Å². The number of nitro groups is 1. The van der Waals surface area contributed by atoms with Gasteiger partial charge < -0.3 is 15.9 Å². The van der Waals surface area contributed by atoms with Gasteiger partial charge >= 0.3 is 5.69 Å². The standard InChI is InChI=1S/C8H8BrFN2O4/c9-4-1-3(5(11)2-13)8(14)7(6(4)10)12(15)16/h1,5,13-14H,2,11H2/t5-/m1/s1. The first-order valence-corrected chi connectivity index (χ1v) is 4.91. The molecule has 16 heavy (non-hydrogen) atoms. The minimum Gasteiger partial charge on any atom is -0.502 e. The van der Waals surface area contributed by atoms with E-state index >= 15 is 0 Å². The van der Waals surface area contributed by atoms with E-state index in [1.165, 1.54) is 0 Å². The highest BCUT2D eigenvalue weighted by Gasteiger charge is 2.28. The van der Waals surface area contributed by atoms with Crippen molar-refractivity contribution in [3.63, 3.8) is 0 Å². The molecule has 0 radical (unpaired) electrons. The number of nitro benzene ring substituents is 1. The van der Waals surface area contributed by atoms with Crippen LogP contribution in [0.25, 0.3) is 0 Å². The minimum atomic E-state index is -1.18. The molecule has 1 aromatic carbocycles. The molecule has 0 fully saturated rings. The van der Waals surface area contributed by atoms with Crippen LogP contribution in [0.5, 0.6) is 5.75 Å². The number of aliphatic hydroxyl groups is 1. The predicted octanol–water partition coefficient (Wildman–Crippen LogP) is 1.19. The van der Waals surface area contributed by atoms with E-state index in [0.29, 0.717) is 0 Å². The van der Waals surface area contributed by atoms with E-state index in [2.05, 4.69) is 15.9 Å². The van der Waals surface area contributed by atoms with Gasteiger partial charge in [0.15, 0.2) is 0 Å². The normalized spacial score (nSPS) is 12.5. The second-order valence-corrected chi connectivity index (χ2v) is 3.86. The van der Waals surface area contributed by atoms with Gasteiger partial charge in [-0.2, -0.15) is 4.39 Å². The van der Waals surface area contributed by atoms with Gasteiger partial charge in [-0.15, -0.1) is 0 Å². The topological polar surface area (TPSA) is 110 Å². The number of benzene rings is 1. The van der Waals surface area contributed by atoms with Crippen LogP contribution in [-0.2, 0) is 0 Å². The van der Waals surface area contributed by atoms with Crippen LogP contribution in [0.15, 0.2) is 10.5 Å². The summed E-state index contributed by atoms with van der Waals surface area (Å²) >= 11 is 2.77. The highest BCUT2D eigenvalue weighted by molar-refractivity contribution is 9.10. The van der Waals surface area contributed by atoms with Gasteiger partial charge in [-0.05, 0) is 22.0 Å². The number of aromatic hydroxyl groups is 1. The summed E-state index contributed by atoms with van der Waals surface area (Å²) in [5.41, 5.74) is 4.25. The lowest BCUT2D eigenvalue weighted by atomic mass is 10.1. The lowest BCUT2D eigenvalue weighted by Crippen LogP contribution is -2.15. The second-order valence-electron chi connectivity index (χ2n) is 3.00. The van der Waals surface area contributed by atoms with E-state index in [9.17, 15) is 19.6 Å². The fourth-order valence-corrected chi connectivity index (χ4v) is 1.60. The first kappa shape index (κ1) is 12.8. The molecule has 0 saturated carbocycles. The summed E-state index contributed by atoms with van der Waals surface area (Å²) in [6.45, 7) is -0.525. The van der Waals surface area contributed by atoms with Crippen molar-refractivity contribution >= 4 is 21.6 Å². The summed E-state index contributed by atoms with van der Waals surface area (Å²) in [5.74, 6) is -2.05.